The molecule has 0 amide bonds. The van der Waals surface area contributed by atoms with Crippen LogP contribution in [0.2, 0.25) is 0 Å². The number of benzene rings is 3. The SMILES string of the molecule is Cc1cc(NCc2cc(-c3c(Cc4ccccc4)cnc4c(C(F)(F)F)cccc34)cs2)c(C)cc1CC(=O)O. The van der Waals surface area contributed by atoms with Gasteiger partial charge in [-0.3, -0.25) is 9.78 Å². The maximum atomic E-state index is 13.8. The van der Waals surface area contributed by atoms with Crippen molar-refractivity contribution in [1.29, 1.82) is 0 Å². The third kappa shape index (κ3) is 5.87. The van der Waals surface area contributed by atoms with Crippen LogP contribution in [0.15, 0.2) is 78.3 Å². The second-order valence-electron chi connectivity index (χ2n) is 9.84. The predicted octanol–water partition coefficient (Wildman–Crippen LogP) is 8.43. The van der Waals surface area contributed by atoms with Crippen molar-refractivity contribution in [1.82, 2.24) is 4.98 Å². The maximum Gasteiger partial charge on any atom is 0.418 e. The number of rotatable bonds is 8. The lowest BCUT2D eigenvalue weighted by Crippen LogP contribution is -2.07. The normalized spacial score (nSPS) is 11.6. The molecular weight excluding hydrogens is 533 g/mol. The van der Waals surface area contributed by atoms with Gasteiger partial charge in [0.1, 0.15) is 0 Å². The molecule has 0 bridgehead atoms. The summed E-state index contributed by atoms with van der Waals surface area (Å²) in [6.07, 6.45) is -2.42. The lowest BCUT2D eigenvalue weighted by atomic mass is 9.93. The molecule has 3 aromatic carbocycles. The van der Waals surface area contributed by atoms with Crippen molar-refractivity contribution >= 4 is 33.9 Å². The van der Waals surface area contributed by atoms with Gasteiger partial charge in [0.15, 0.2) is 0 Å². The number of para-hydroxylation sites is 1. The Morgan fingerprint density at radius 2 is 1.75 bits per heavy atom. The molecule has 204 valence electrons. The van der Waals surface area contributed by atoms with Gasteiger partial charge in [0, 0.05) is 28.7 Å². The first-order chi connectivity index (χ1) is 19.1. The van der Waals surface area contributed by atoms with E-state index in [2.05, 4.69) is 10.3 Å². The minimum absolute atomic E-state index is 0.0253. The quantitative estimate of drug-likeness (QED) is 0.200. The van der Waals surface area contributed by atoms with E-state index in [1.807, 2.05) is 67.8 Å². The van der Waals surface area contributed by atoms with Crippen LogP contribution in [0.1, 0.15) is 38.3 Å². The molecule has 0 atom stereocenters. The van der Waals surface area contributed by atoms with Gasteiger partial charge in [0.2, 0.25) is 0 Å². The summed E-state index contributed by atoms with van der Waals surface area (Å²) in [5, 5.41) is 15.0. The lowest BCUT2D eigenvalue weighted by molar-refractivity contribution is -0.137. The van der Waals surface area contributed by atoms with Crippen molar-refractivity contribution < 1.29 is 23.1 Å². The first kappa shape index (κ1) is 27.4. The number of alkyl halides is 3. The lowest BCUT2D eigenvalue weighted by Gasteiger charge is -2.15. The van der Waals surface area contributed by atoms with Crippen LogP contribution in [0.3, 0.4) is 0 Å². The smallest absolute Gasteiger partial charge is 0.418 e. The number of pyridine rings is 1. The average molecular weight is 561 g/mol. The number of aryl methyl sites for hydroxylation is 2. The van der Waals surface area contributed by atoms with E-state index in [9.17, 15) is 18.0 Å². The highest BCUT2D eigenvalue weighted by atomic mass is 32.1. The van der Waals surface area contributed by atoms with Gasteiger partial charge in [-0.25, -0.2) is 0 Å². The minimum atomic E-state index is -4.51. The van der Waals surface area contributed by atoms with Crippen molar-refractivity contribution in [3.63, 3.8) is 0 Å². The number of carboxylic acids is 1. The van der Waals surface area contributed by atoms with E-state index in [0.717, 1.165) is 55.6 Å². The Balaban J connectivity index is 1.50. The maximum absolute atomic E-state index is 13.8. The molecule has 2 heterocycles. The third-order valence-electron chi connectivity index (χ3n) is 6.94. The van der Waals surface area contributed by atoms with E-state index in [-0.39, 0.29) is 11.9 Å². The number of carbonyl (C=O) groups is 1. The standard InChI is InChI=1S/C32H27F3N2O2S/c1-19-12-28(20(2)11-22(19)15-29(38)39)36-17-25-14-24(18-40-25)30-23(13-21-7-4-3-5-8-21)16-37-31-26(30)9-6-10-27(31)32(33,34)35/h3-12,14,16,18,36H,13,15,17H2,1-2H3,(H,38,39). The topological polar surface area (TPSA) is 62.2 Å². The average Bonchev–Trinajstić information content (AvgIpc) is 3.37. The second-order valence-corrected chi connectivity index (χ2v) is 10.8. The molecule has 0 spiro atoms. The summed E-state index contributed by atoms with van der Waals surface area (Å²) in [4.78, 5) is 16.5. The summed E-state index contributed by atoms with van der Waals surface area (Å²) in [5.41, 5.74) is 6.25. The minimum Gasteiger partial charge on any atom is -0.481 e. The molecule has 8 heteroatoms. The number of nitrogens with one attached hydrogen (secondary N) is 1. The summed E-state index contributed by atoms with van der Waals surface area (Å²) in [6.45, 7) is 4.35. The van der Waals surface area contributed by atoms with Crippen LogP contribution in [0.5, 0.6) is 0 Å². The molecule has 5 aromatic rings. The fourth-order valence-electron chi connectivity index (χ4n) is 4.99. The number of aromatic nitrogens is 1. The van der Waals surface area contributed by atoms with E-state index in [0.29, 0.717) is 18.4 Å². The van der Waals surface area contributed by atoms with Gasteiger partial charge in [-0.15, -0.1) is 11.3 Å². The zero-order valence-electron chi connectivity index (χ0n) is 22.0. The van der Waals surface area contributed by atoms with Crippen LogP contribution in [0.4, 0.5) is 18.9 Å². The molecule has 2 N–H and O–H groups in total. The zero-order chi connectivity index (χ0) is 28.4. The zero-order valence-corrected chi connectivity index (χ0v) is 22.8. The van der Waals surface area contributed by atoms with Crippen molar-refractivity contribution in [3.05, 3.63) is 117 Å². The Hall–Kier alpha value is -4.17. The van der Waals surface area contributed by atoms with Crippen molar-refractivity contribution in [2.45, 2.75) is 39.4 Å². The molecule has 0 aliphatic heterocycles. The highest BCUT2D eigenvalue weighted by molar-refractivity contribution is 7.10. The molecule has 0 saturated heterocycles. The van der Waals surface area contributed by atoms with Gasteiger partial charge in [-0.1, -0.05) is 48.5 Å². The number of anilines is 1. The molecule has 0 aliphatic carbocycles. The number of carboxylic acid groups (broad SMARTS) is 1. The molecule has 0 saturated carbocycles. The highest BCUT2D eigenvalue weighted by Crippen LogP contribution is 2.40. The van der Waals surface area contributed by atoms with Gasteiger partial charge < -0.3 is 10.4 Å². The van der Waals surface area contributed by atoms with Crippen molar-refractivity contribution in [2.75, 3.05) is 5.32 Å². The molecular formula is C32H27F3N2O2S. The molecule has 0 aliphatic rings. The number of halogens is 3. The fourth-order valence-corrected chi connectivity index (χ4v) is 5.81. The van der Waals surface area contributed by atoms with E-state index < -0.39 is 17.7 Å². The molecule has 2 aromatic heterocycles. The molecule has 0 radical (unpaired) electrons. The number of thiophene rings is 1. The summed E-state index contributed by atoms with van der Waals surface area (Å²) in [7, 11) is 0. The Kier molecular flexibility index (Phi) is 7.63. The summed E-state index contributed by atoms with van der Waals surface area (Å²) in [6, 6.07) is 19.9. The molecule has 0 unspecified atom stereocenters. The molecule has 5 rings (SSSR count). The van der Waals surface area contributed by atoms with Crippen molar-refractivity contribution in [3.8, 4) is 11.1 Å². The monoisotopic (exact) mass is 560 g/mol. The van der Waals surface area contributed by atoms with Crippen LogP contribution in [-0.2, 0) is 30.4 Å². The van der Waals surface area contributed by atoms with E-state index in [1.54, 1.807) is 12.3 Å². The summed E-state index contributed by atoms with van der Waals surface area (Å²) in [5.74, 6) is -0.869. The van der Waals surface area contributed by atoms with Crippen LogP contribution < -0.4 is 5.32 Å². The number of nitrogens with zero attached hydrogens (tertiary/aromatic N) is 1. The van der Waals surface area contributed by atoms with Crippen LogP contribution in [-0.4, -0.2) is 16.1 Å². The number of hydrogen-bond donors (Lipinski definition) is 2. The number of fused-ring (bicyclic) bond motifs is 1. The van der Waals surface area contributed by atoms with Crippen LogP contribution >= 0.6 is 11.3 Å². The highest BCUT2D eigenvalue weighted by Gasteiger charge is 2.33. The van der Waals surface area contributed by atoms with E-state index >= 15 is 0 Å². The van der Waals surface area contributed by atoms with Gasteiger partial charge in [0.05, 0.1) is 17.5 Å². The van der Waals surface area contributed by atoms with Gasteiger partial charge in [-0.2, -0.15) is 13.2 Å². The van der Waals surface area contributed by atoms with Gasteiger partial charge in [0.25, 0.3) is 0 Å². The van der Waals surface area contributed by atoms with E-state index in [4.69, 9.17) is 5.11 Å². The first-order valence-corrected chi connectivity index (χ1v) is 13.6. The Morgan fingerprint density at radius 1 is 0.975 bits per heavy atom. The largest absolute Gasteiger partial charge is 0.481 e. The fraction of sp³-hybridized carbons (Fsp3) is 0.188. The van der Waals surface area contributed by atoms with Gasteiger partial charge in [-0.05, 0) is 82.8 Å². The second kappa shape index (κ2) is 11.1. The number of aliphatic carboxylic acids is 1. The van der Waals surface area contributed by atoms with Gasteiger partial charge >= 0.3 is 12.1 Å². The van der Waals surface area contributed by atoms with E-state index in [1.165, 1.54) is 17.4 Å². The van der Waals surface area contributed by atoms with Crippen molar-refractivity contribution in [2.24, 2.45) is 0 Å². The molecule has 40 heavy (non-hydrogen) atoms. The predicted molar refractivity (Wildman–Crippen MR) is 154 cm³/mol. The third-order valence-corrected chi connectivity index (χ3v) is 7.88. The molecule has 4 nitrogen and oxygen atoms in total. The number of hydrogen-bond acceptors (Lipinski definition) is 4. The summed E-state index contributed by atoms with van der Waals surface area (Å²) >= 11 is 1.54. The summed E-state index contributed by atoms with van der Waals surface area (Å²) < 4.78 is 41.5. The Bertz CT molecular complexity index is 1690. The molecule has 0 fully saturated rings. The Morgan fingerprint density at radius 3 is 2.48 bits per heavy atom. The van der Waals surface area contributed by atoms with Crippen LogP contribution in [0, 0.1) is 13.8 Å². The van der Waals surface area contributed by atoms with Crippen LogP contribution in [0.25, 0.3) is 22.0 Å². The Labute approximate surface area is 234 Å². The first-order valence-electron chi connectivity index (χ1n) is 12.8.